The molecule has 0 bridgehead atoms. The lowest BCUT2D eigenvalue weighted by Gasteiger charge is -2.13. The molecule has 7 heteroatoms. The molecular weight excluding hydrogens is 346 g/mol. The molecule has 0 aliphatic heterocycles. The van der Waals surface area contributed by atoms with Gasteiger partial charge in [0.05, 0.1) is 10.5 Å². The highest BCUT2D eigenvalue weighted by Crippen LogP contribution is 2.44. The second-order valence-corrected chi connectivity index (χ2v) is 8.07. The van der Waals surface area contributed by atoms with Gasteiger partial charge in [-0.25, -0.2) is 17.9 Å². The summed E-state index contributed by atoms with van der Waals surface area (Å²) < 4.78 is 27.6. The number of nitrogens with one attached hydrogen (secondary N) is 1. The summed E-state index contributed by atoms with van der Waals surface area (Å²) in [4.78, 5) is 11.0. The van der Waals surface area contributed by atoms with Gasteiger partial charge < -0.3 is 5.11 Å². The number of halogens is 1. The third kappa shape index (κ3) is 3.21. The highest BCUT2D eigenvalue weighted by atomic mass is 79.9. The number of aromatic carboxylic acids is 1. The highest BCUT2D eigenvalue weighted by Gasteiger charge is 2.38. The summed E-state index contributed by atoms with van der Waals surface area (Å²) in [7, 11) is -3.72. The van der Waals surface area contributed by atoms with Crippen LogP contribution in [0.2, 0.25) is 0 Å². The zero-order valence-electron chi connectivity index (χ0n) is 11.2. The first-order chi connectivity index (χ1) is 9.15. The minimum atomic E-state index is -3.72. The third-order valence-electron chi connectivity index (χ3n) is 3.55. The number of sulfonamides is 1. The number of benzene rings is 1. The molecule has 1 aliphatic carbocycles. The zero-order valence-corrected chi connectivity index (χ0v) is 13.6. The van der Waals surface area contributed by atoms with Crippen LogP contribution in [-0.4, -0.2) is 26.0 Å². The van der Waals surface area contributed by atoms with E-state index >= 15 is 0 Å². The van der Waals surface area contributed by atoms with Crippen molar-refractivity contribution in [3.05, 3.63) is 27.7 Å². The van der Waals surface area contributed by atoms with Crippen molar-refractivity contribution >= 4 is 31.9 Å². The van der Waals surface area contributed by atoms with Crippen molar-refractivity contribution in [1.29, 1.82) is 0 Å². The van der Waals surface area contributed by atoms with Crippen molar-refractivity contribution in [2.24, 2.45) is 5.41 Å². The number of rotatable bonds is 5. The summed E-state index contributed by atoms with van der Waals surface area (Å²) in [5, 5.41) is 9.03. The highest BCUT2D eigenvalue weighted by molar-refractivity contribution is 9.10. The monoisotopic (exact) mass is 361 g/mol. The maximum absolute atomic E-state index is 12.3. The van der Waals surface area contributed by atoms with E-state index < -0.39 is 16.0 Å². The number of carboxylic acids is 1. The predicted octanol–water partition coefficient (Wildman–Crippen LogP) is 2.53. The quantitative estimate of drug-likeness (QED) is 0.843. The Morgan fingerprint density at radius 2 is 2.05 bits per heavy atom. The Bertz CT molecular complexity index is 665. The number of aryl methyl sites for hydroxylation is 1. The van der Waals surface area contributed by atoms with Gasteiger partial charge in [0.15, 0.2) is 0 Å². The molecule has 5 nitrogen and oxygen atoms in total. The molecule has 110 valence electrons. The average Bonchev–Trinajstić information content (AvgIpc) is 3.08. The van der Waals surface area contributed by atoms with Crippen LogP contribution in [0.15, 0.2) is 21.5 Å². The molecule has 2 N–H and O–H groups in total. The second kappa shape index (κ2) is 5.13. The molecule has 0 heterocycles. The first-order valence-electron chi connectivity index (χ1n) is 6.18. The number of hydrogen-bond donors (Lipinski definition) is 2. The van der Waals surface area contributed by atoms with Gasteiger partial charge in [-0.15, -0.1) is 0 Å². The van der Waals surface area contributed by atoms with E-state index in [4.69, 9.17) is 5.11 Å². The van der Waals surface area contributed by atoms with Crippen LogP contribution in [-0.2, 0) is 10.0 Å². The molecular formula is C13H16BrNO4S. The van der Waals surface area contributed by atoms with E-state index in [2.05, 4.69) is 20.7 Å². The van der Waals surface area contributed by atoms with E-state index in [0.29, 0.717) is 16.6 Å². The van der Waals surface area contributed by atoms with Crippen molar-refractivity contribution in [2.75, 3.05) is 6.54 Å². The first kappa shape index (κ1) is 15.5. The van der Waals surface area contributed by atoms with Crippen LogP contribution >= 0.6 is 15.9 Å². The minimum Gasteiger partial charge on any atom is -0.478 e. The molecule has 1 fully saturated rings. The average molecular weight is 362 g/mol. The lowest BCUT2D eigenvalue weighted by molar-refractivity contribution is 0.0696. The first-order valence-corrected chi connectivity index (χ1v) is 8.45. The summed E-state index contributed by atoms with van der Waals surface area (Å²) in [5.41, 5.74) is 0.575. The number of carbonyl (C=O) groups is 1. The van der Waals surface area contributed by atoms with E-state index in [1.54, 1.807) is 6.92 Å². The summed E-state index contributed by atoms with van der Waals surface area (Å²) in [6.45, 7) is 4.05. The minimum absolute atomic E-state index is 0.0286. The van der Waals surface area contributed by atoms with Crippen LogP contribution in [0.3, 0.4) is 0 Å². The van der Waals surface area contributed by atoms with E-state index in [1.165, 1.54) is 12.1 Å². The zero-order chi connectivity index (χ0) is 15.1. The second-order valence-electron chi connectivity index (χ2n) is 5.55. The standard InChI is InChI=1S/C13H16BrNO4S/c1-8-5-9(12(16)17)6-10(11(8)14)20(18,19)15-7-13(2)3-4-13/h5-6,15H,3-4,7H2,1-2H3,(H,16,17). The van der Waals surface area contributed by atoms with Gasteiger partial charge >= 0.3 is 5.97 Å². The fraction of sp³-hybridized carbons (Fsp3) is 0.462. The molecule has 0 spiro atoms. The molecule has 0 radical (unpaired) electrons. The molecule has 0 unspecified atom stereocenters. The summed E-state index contributed by atoms with van der Waals surface area (Å²) in [5.74, 6) is -1.15. The Hall–Kier alpha value is -0.920. The van der Waals surface area contributed by atoms with Gasteiger partial charge in [-0.05, 0) is 58.8 Å². The van der Waals surface area contributed by atoms with E-state index in [9.17, 15) is 13.2 Å². The number of hydrogen-bond acceptors (Lipinski definition) is 3. The van der Waals surface area contributed by atoms with Crippen LogP contribution in [0.25, 0.3) is 0 Å². The summed E-state index contributed by atoms with van der Waals surface area (Å²) in [6, 6.07) is 2.62. The molecule has 2 rings (SSSR count). The molecule has 0 aromatic heterocycles. The van der Waals surface area contributed by atoms with E-state index in [-0.39, 0.29) is 15.9 Å². The molecule has 1 aliphatic rings. The Balaban J connectivity index is 2.37. The maximum atomic E-state index is 12.3. The molecule has 20 heavy (non-hydrogen) atoms. The summed E-state index contributed by atoms with van der Waals surface area (Å²) >= 11 is 3.22. The molecule has 1 aromatic carbocycles. The fourth-order valence-corrected chi connectivity index (χ4v) is 4.03. The lowest BCUT2D eigenvalue weighted by atomic mass is 10.1. The van der Waals surface area contributed by atoms with Gasteiger partial charge in [0.25, 0.3) is 0 Å². The van der Waals surface area contributed by atoms with Crippen LogP contribution in [0.4, 0.5) is 0 Å². The SMILES string of the molecule is Cc1cc(C(=O)O)cc(S(=O)(=O)NCC2(C)CC2)c1Br. The van der Waals surface area contributed by atoms with E-state index in [0.717, 1.165) is 12.8 Å². The molecule has 0 atom stereocenters. The molecule has 0 amide bonds. The van der Waals surface area contributed by atoms with Crippen molar-refractivity contribution in [2.45, 2.75) is 31.6 Å². The van der Waals surface area contributed by atoms with Crippen LogP contribution in [0, 0.1) is 12.3 Å². The molecule has 1 aromatic rings. The Morgan fingerprint density at radius 1 is 1.45 bits per heavy atom. The topological polar surface area (TPSA) is 83.5 Å². The lowest BCUT2D eigenvalue weighted by Crippen LogP contribution is -2.29. The van der Waals surface area contributed by atoms with Crippen LogP contribution in [0.5, 0.6) is 0 Å². The van der Waals surface area contributed by atoms with Gasteiger partial charge in [0.2, 0.25) is 10.0 Å². The van der Waals surface area contributed by atoms with Crippen molar-refractivity contribution in [3.63, 3.8) is 0 Å². The van der Waals surface area contributed by atoms with E-state index in [1.807, 2.05) is 6.92 Å². The number of carboxylic acid groups (broad SMARTS) is 1. The largest absolute Gasteiger partial charge is 0.478 e. The normalized spacial score (nSPS) is 16.9. The van der Waals surface area contributed by atoms with Crippen LogP contribution in [0.1, 0.15) is 35.7 Å². The van der Waals surface area contributed by atoms with Crippen LogP contribution < -0.4 is 4.72 Å². The molecule has 1 saturated carbocycles. The molecule has 0 saturated heterocycles. The fourth-order valence-electron chi connectivity index (χ4n) is 1.79. The van der Waals surface area contributed by atoms with Crippen molar-refractivity contribution < 1.29 is 18.3 Å². The maximum Gasteiger partial charge on any atom is 0.335 e. The van der Waals surface area contributed by atoms with Crippen molar-refractivity contribution in [1.82, 2.24) is 4.72 Å². The predicted molar refractivity (Wildman–Crippen MR) is 78.4 cm³/mol. The Morgan fingerprint density at radius 3 is 2.55 bits per heavy atom. The van der Waals surface area contributed by atoms with Gasteiger partial charge in [0.1, 0.15) is 0 Å². The Labute approximate surface area is 126 Å². The van der Waals surface area contributed by atoms with Crippen molar-refractivity contribution in [3.8, 4) is 0 Å². The van der Waals surface area contributed by atoms with Gasteiger partial charge in [-0.2, -0.15) is 0 Å². The smallest absolute Gasteiger partial charge is 0.335 e. The summed E-state index contributed by atoms with van der Waals surface area (Å²) in [6.07, 6.45) is 2.01. The Kier molecular flexibility index (Phi) is 3.96. The van der Waals surface area contributed by atoms with Gasteiger partial charge in [0, 0.05) is 11.0 Å². The van der Waals surface area contributed by atoms with Gasteiger partial charge in [-0.3, -0.25) is 0 Å². The van der Waals surface area contributed by atoms with Gasteiger partial charge in [-0.1, -0.05) is 6.92 Å². The third-order valence-corrected chi connectivity index (χ3v) is 6.29.